The van der Waals surface area contributed by atoms with Gasteiger partial charge in [0, 0.05) is 18.7 Å². The topological polar surface area (TPSA) is 66.1 Å². The van der Waals surface area contributed by atoms with Crippen molar-refractivity contribution in [1.29, 1.82) is 0 Å². The summed E-state index contributed by atoms with van der Waals surface area (Å²) in [6.45, 7) is 2.59. The molecular formula is C22H21N3O2S. The lowest BCUT2D eigenvalue weighted by molar-refractivity contribution is 0.423. The summed E-state index contributed by atoms with van der Waals surface area (Å²) in [5, 5.41) is 0. The molecule has 0 aliphatic heterocycles. The van der Waals surface area contributed by atoms with E-state index in [9.17, 15) is 8.42 Å². The van der Waals surface area contributed by atoms with E-state index in [-0.39, 0.29) is 4.90 Å². The van der Waals surface area contributed by atoms with Crippen molar-refractivity contribution in [3.05, 3.63) is 84.4 Å². The summed E-state index contributed by atoms with van der Waals surface area (Å²) in [5.41, 5.74) is 3.36. The van der Waals surface area contributed by atoms with Crippen LogP contribution in [0.2, 0.25) is 0 Å². The van der Waals surface area contributed by atoms with Crippen LogP contribution >= 0.6 is 0 Å². The van der Waals surface area contributed by atoms with Gasteiger partial charge in [-0.2, -0.15) is 4.31 Å². The molecule has 0 bridgehead atoms. The van der Waals surface area contributed by atoms with E-state index in [2.05, 4.69) is 9.97 Å². The maximum atomic E-state index is 13.2. The van der Waals surface area contributed by atoms with Crippen LogP contribution in [0.3, 0.4) is 0 Å². The van der Waals surface area contributed by atoms with Gasteiger partial charge in [-0.3, -0.25) is 0 Å². The Kier molecular flexibility index (Phi) is 4.98. The maximum Gasteiger partial charge on any atom is 0.243 e. The summed E-state index contributed by atoms with van der Waals surface area (Å²) in [4.78, 5) is 8.08. The maximum absolute atomic E-state index is 13.2. The second-order valence-electron chi connectivity index (χ2n) is 6.55. The zero-order chi connectivity index (χ0) is 19.6. The number of rotatable bonds is 6. The van der Waals surface area contributed by atoms with Gasteiger partial charge in [0.1, 0.15) is 5.82 Å². The number of nitrogens with zero attached hydrogens (tertiary/aromatic N) is 2. The van der Waals surface area contributed by atoms with Crippen LogP contribution < -0.4 is 0 Å². The van der Waals surface area contributed by atoms with Gasteiger partial charge < -0.3 is 4.98 Å². The highest BCUT2D eigenvalue weighted by molar-refractivity contribution is 7.89. The predicted molar refractivity (Wildman–Crippen MR) is 111 cm³/mol. The minimum Gasteiger partial charge on any atom is -0.338 e. The van der Waals surface area contributed by atoms with Gasteiger partial charge >= 0.3 is 0 Å². The number of hydrogen-bond donors (Lipinski definition) is 1. The van der Waals surface area contributed by atoms with Gasteiger partial charge in [-0.15, -0.1) is 0 Å². The molecule has 0 spiro atoms. The first-order chi connectivity index (χ1) is 13.6. The number of benzene rings is 3. The summed E-state index contributed by atoms with van der Waals surface area (Å²) < 4.78 is 27.8. The fraction of sp³-hybridized carbons (Fsp3) is 0.136. The van der Waals surface area contributed by atoms with Crippen molar-refractivity contribution >= 4 is 21.1 Å². The van der Waals surface area contributed by atoms with Crippen molar-refractivity contribution in [2.24, 2.45) is 0 Å². The molecule has 0 fully saturated rings. The Hall–Kier alpha value is -2.96. The van der Waals surface area contributed by atoms with E-state index in [4.69, 9.17) is 0 Å². The fourth-order valence-electron chi connectivity index (χ4n) is 3.18. The van der Waals surface area contributed by atoms with E-state index < -0.39 is 10.0 Å². The minimum atomic E-state index is -3.61. The monoisotopic (exact) mass is 391 g/mol. The number of nitrogens with one attached hydrogen (secondary N) is 1. The van der Waals surface area contributed by atoms with Crippen LogP contribution in [0.5, 0.6) is 0 Å². The SMILES string of the molecule is CCN(Cc1ccccc1)S(=O)(=O)c1ccc2nc(-c3ccccc3)[nH]c2c1. The summed E-state index contributed by atoms with van der Waals surface area (Å²) in [7, 11) is -3.61. The molecule has 142 valence electrons. The molecule has 0 saturated heterocycles. The summed E-state index contributed by atoms with van der Waals surface area (Å²) >= 11 is 0. The lowest BCUT2D eigenvalue weighted by atomic mass is 10.2. The van der Waals surface area contributed by atoms with Crippen molar-refractivity contribution in [2.75, 3.05) is 6.54 Å². The zero-order valence-electron chi connectivity index (χ0n) is 15.5. The van der Waals surface area contributed by atoms with E-state index in [1.807, 2.05) is 67.6 Å². The van der Waals surface area contributed by atoms with Crippen LogP contribution in [-0.2, 0) is 16.6 Å². The van der Waals surface area contributed by atoms with Gasteiger partial charge in [0.2, 0.25) is 10.0 Å². The molecule has 0 radical (unpaired) electrons. The van der Waals surface area contributed by atoms with E-state index in [0.29, 0.717) is 18.6 Å². The zero-order valence-corrected chi connectivity index (χ0v) is 16.4. The van der Waals surface area contributed by atoms with E-state index in [1.54, 1.807) is 18.2 Å². The molecule has 1 N–H and O–H groups in total. The first-order valence-corrected chi connectivity index (χ1v) is 10.6. The standard InChI is InChI=1S/C22H21N3O2S/c1-2-25(16-17-9-5-3-6-10-17)28(26,27)19-13-14-20-21(15-19)24-22(23-20)18-11-7-4-8-12-18/h3-15H,2,16H2,1H3,(H,23,24). The second-order valence-corrected chi connectivity index (χ2v) is 8.49. The van der Waals surface area contributed by atoms with Crippen LogP contribution in [0.4, 0.5) is 0 Å². The first-order valence-electron chi connectivity index (χ1n) is 9.17. The molecule has 4 aromatic rings. The average Bonchev–Trinajstić information content (AvgIpc) is 3.17. The molecule has 5 nitrogen and oxygen atoms in total. The van der Waals surface area contributed by atoms with Crippen LogP contribution in [0, 0.1) is 0 Å². The molecular weight excluding hydrogens is 370 g/mol. The smallest absolute Gasteiger partial charge is 0.243 e. The molecule has 1 aromatic heterocycles. The number of H-pyrrole nitrogens is 1. The highest BCUT2D eigenvalue weighted by Crippen LogP contribution is 2.25. The Morgan fingerprint density at radius 1 is 0.929 bits per heavy atom. The highest BCUT2D eigenvalue weighted by atomic mass is 32.2. The Bertz CT molecular complexity index is 1190. The summed E-state index contributed by atoms with van der Waals surface area (Å²) in [6, 6.07) is 24.4. The molecule has 0 saturated carbocycles. The predicted octanol–water partition coefficient (Wildman–Crippen LogP) is 4.44. The van der Waals surface area contributed by atoms with Crippen molar-refractivity contribution in [2.45, 2.75) is 18.4 Å². The Morgan fingerprint density at radius 3 is 2.29 bits per heavy atom. The molecule has 0 aliphatic rings. The molecule has 3 aromatic carbocycles. The molecule has 28 heavy (non-hydrogen) atoms. The molecule has 4 rings (SSSR count). The molecule has 0 unspecified atom stereocenters. The molecule has 1 heterocycles. The molecule has 0 atom stereocenters. The lowest BCUT2D eigenvalue weighted by Gasteiger charge is -2.20. The largest absolute Gasteiger partial charge is 0.338 e. The summed E-state index contributed by atoms with van der Waals surface area (Å²) in [5.74, 6) is 0.724. The number of imidazole rings is 1. The second kappa shape index (κ2) is 7.58. The number of aromatic nitrogens is 2. The van der Waals surface area contributed by atoms with Gasteiger partial charge in [-0.25, -0.2) is 13.4 Å². The van der Waals surface area contributed by atoms with Crippen molar-refractivity contribution < 1.29 is 8.42 Å². The Morgan fingerprint density at radius 2 is 1.61 bits per heavy atom. The third-order valence-corrected chi connectivity index (χ3v) is 6.61. The number of aromatic amines is 1. The third kappa shape index (κ3) is 3.56. The average molecular weight is 391 g/mol. The van der Waals surface area contributed by atoms with Gasteiger partial charge in [0.25, 0.3) is 0 Å². The van der Waals surface area contributed by atoms with E-state index in [1.165, 1.54) is 4.31 Å². The number of sulfonamides is 1. The van der Waals surface area contributed by atoms with Crippen molar-refractivity contribution in [3.8, 4) is 11.4 Å². The van der Waals surface area contributed by atoms with Gasteiger partial charge in [0.15, 0.2) is 0 Å². The molecule has 6 heteroatoms. The number of fused-ring (bicyclic) bond motifs is 1. The van der Waals surface area contributed by atoms with Crippen LogP contribution in [0.1, 0.15) is 12.5 Å². The Balaban J connectivity index is 1.68. The van der Waals surface area contributed by atoms with Gasteiger partial charge in [-0.05, 0) is 23.8 Å². The van der Waals surface area contributed by atoms with E-state index in [0.717, 1.165) is 22.5 Å². The van der Waals surface area contributed by atoms with Crippen LogP contribution in [0.25, 0.3) is 22.4 Å². The Labute approximate surface area is 164 Å². The third-order valence-electron chi connectivity index (χ3n) is 4.69. The first kappa shape index (κ1) is 18.4. The normalized spacial score (nSPS) is 11.9. The van der Waals surface area contributed by atoms with Crippen molar-refractivity contribution in [3.63, 3.8) is 0 Å². The van der Waals surface area contributed by atoms with Gasteiger partial charge in [0.05, 0.1) is 15.9 Å². The van der Waals surface area contributed by atoms with Crippen molar-refractivity contribution in [1.82, 2.24) is 14.3 Å². The van der Waals surface area contributed by atoms with Crippen LogP contribution in [-0.4, -0.2) is 29.2 Å². The molecule has 0 aliphatic carbocycles. The van der Waals surface area contributed by atoms with E-state index >= 15 is 0 Å². The number of hydrogen-bond acceptors (Lipinski definition) is 3. The van der Waals surface area contributed by atoms with Crippen LogP contribution in [0.15, 0.2) is 83.8 Å². The molecule has 0 amide bonds. The fourth-order valence-corrected chi connectivity index (χ4v) is 4.65. The van der Waals surface area contributed by atoms with Gasteiger partial charge in [-0.1, -0.05) is 67.6 Å². The quantitative estimate of drug-likeness (QED) is 0.528. The minimum absolute atomic E-state index is 0.265. The summed E-state index contributed by atoms with van der Waals surface area (Å²) in [6.07, 6.45) is 0. The lowest BCUT2D eigenvalue weighted by Crippen LogP contribution is -2.30. The highest BCUT2D eigenvalue weighted by Gasteiger charge is 2.24.